The van der Waals surface area contributed by atoms with Crippen LogP contribution in [-0.2, 0) is 4.79 Å². The Bertz CT molecular complexity index is 1150. The van der Waals surface area contributed by atoms with Crippen LogP contribution in [-0.4, -0.2) is 15.5 Å². The molecule has 1 aromatic carbocycles. The Balaban J connectivity index is 1.88. The molecule has 0 radical (unpaired) electrons. The highest BCUT2D eigenvalue weighted by atomic mass is 35.5. The minimum atomic E-state index is -0.214. The van der Waals surface area contributed by atoms with Crippen molar-refractivity contribution in [3.63, 3.8) is 0 Å². The number of amides is 1. The summed E-state index contributed by atoms with van der Waals surface area (Å²) in [6, 6.07) is 6.47. The van der Waals surface area contributed by atoms with Gasteiger partial charge in [0.15, 0.2) is 0 Å². The van der Waals surface area contributed by atoms with Gasteiger partial charge < -0.3 is 16.0 Å². The molecule has 4 rings (SSSR count). The number of rotatable bonds is 3. The van der Waals surface area contributed by atoms with Gasteiger partial charge in [-0.2, -0.15) is 5.26 Å². The van der Waals surface area contributed by atoms with Crippen molar-refractivity contribution in [2.75, 3.05) is 5.73 Å². The summed E-state index contributed by atoms with van der Waals surface area (Å²) in [4.78, 5) is 15.7. The minimum Gasteiger partial charge on any atom is -0.396 e. The quantitative estimate of drug-likeness (QED) is 0.672. The molecule has 0 aliphatic heterocycles. The summed E-state index contributed by atoms with van der Waals surface area (Å²) >= 11 is 6.49. The lowest BCUT2D eigenvalue weighted by Crippen LogP contribution is -2.28. The van der Waals surface area contributed by atoms with Gasteiger partial charge in [0, 0.05) is 46.4 Å². The van der Waals surface area contributed by atoms with E-state index >= 15 is 0 Å². The highest BCUT2D eigenvalue weighted by Crippen LogP contribution is 2.41. The summed E-state index contributed by atoms with van der Waals surface area (Å²) in [6.07, 6.45) is 8.62. The van der Waals surface area contributed by atoms with Gasteiger partial charge in [-0.1, -0.05) is 11.6 Å². The van der Waals surface area contributed by atoms with Crippen molar-refractivity contribution in [2.45, 2.75) is 38.6 Å². The van der Waals surface area contributed by atoms with E-state index < -0.39 is 0 Å². The molecule has 0 spiro atoms. The molecule has 2 aromatic heterocycles. The number of aryl methyl sites for hydroxylation is 1. The Hall–Kier alpha value is -3.04. The van der Waals surface area contributed by atoms with Crippen molar-refractivity contribution in [3.8, 4) is 17.2 Å². The third-order valence-corrected chi connectivity index (χ3v) is 6.41. The molecule has 4 N–H and O–H groups in total. The average molecular weight is 408 g/mol. The standard InChI is InChI=1S/C22H22ClN5O/c1-12-6-20-16(7-14(12)8-24)18(17-9-27-10-19(25)21(17)23)11-28(20)15-4-2-13(3-5-15)22(26)29/h6-7,9-11,13,15H,2-5,25H2,1H3,(H2,26,29). The fourth-order valence-corrected chi connectivity index (χ4v) is 4.52. The maximum absolute atomic E-state index is 11.5. The maximum atomic E-state index is 11.5. The molecule has 0 unspecified atom stereocenters. The second-order valence-corrected chi connectivity index (χ2v) is 8.12. The monoisotopic (exact) mass is 407 g/mol. The number of nitrogens with two attached hydrogens (primary N) is 2. The van der Waals surface area contributed by atoms with E-state index in [1.165, 1.54) is 6.20 Å². The molecular formula is C22H22ClN5O. The summed E-state index contributed by atoms with van der Waals surface area (Å²) in [5.74, 6) is -0.263. The molecule has 1 aliphatic rings. The number of halogens is 1. The fraction of sp³-hybridized carbons (Fsp3) is 0.318. The summed E-state index contributed by atoms with van der Waals surface area (Å²) in [5, 5.41) is 10.9. The lowest BCUT2D eigenvalue weighted by atomic mass is 9.85. The van der Waals surface area contributed by atoms with Crippen molar-refractivity contribution >= 4 is 34.1 Å². The molecule has 1 saturated carbocycles. The van der Waals surface area contributed by atoms with E-state index in [0.717, 1.165) is 53.3 Å². The fourth-order valence-electron chi connectivity index (χ4n) is 4.32. The molecule has 7 heteroatoms. The topological polar surface area (TPSA) is 111 Å². The molecule has 6 nitrogen and oxygen atoms in total. The van der Waals surface area contributed by atoms with E-state index in [9.17, 15) is 10.1 Å². The molecule has 1 aliphatic carbocycles. The number of anilines is 1. The van der Waals surface area contributed by atoms with Crippen LogP contribution in [0.4, 0.5) is 5.69 Å². The molecule has 3 aromatic rings. The zero-order valence-electron chi connectivity index (χ0n) is 16.2. The number of pyridine rings is 1. The zero-order valence-corrected chi connectivity index (χ0v) is 16.9. The van der Waals surface area contributed by atoms with Crippen LogP contribution in [0.3, 0.4) is 0 Å². The summed E-state index contributed by atoms with van der Waals surface area (Å²) in [5.41, 5.74) is 16.1. The number of hydrogen-bond acceptors (Lipinski definition) is 4. The van der Waals surface area contributed by atoms with Gasteiger partial charge in [-0.25, -0.2) is 0 Å². The predicted octanol–water partition coefficient (Wildman–Crippen LogP) is 4.34. The molecule has 1 fully saturated rings. The third-order valence-electron chi connectivity index (χ3n) is 5.99. The predicted molar refractivity (Wildman–Crippen MR) is 114 cm³/mol. The van der Waals surface area contributed by atoms with E-state index in [1.54, 1.807) is 6.20 Å². The molecule has 0 bridgehead atoms. The van der Waals surface area contributed by atoms with Crippen molar-refractivity contribution < 1.29 is 4.79 Å². The number of aromatic nitrogens is 2. The van der Waals surface area contributed by atoms with E-state index in [1.807, 2.05) is 19.1 Å². The first kappa shape index (κ1) is 19.3. The molecule has 2 heterocycles. The number of fused-ring (bicyclic) bond motifs is 1. The third kappa shape index (κ3) is 3.32. The second-order valence-electron chi connectivity index (χ2n) is 7.74. The smallest absolute Gasteiger partial charge is 0.220 e. The van der Waals surface area contributed by atoms with Gasteiger partial charge in [0.25, 0.3) is 0 Å². The Morgan fingerprint density at radius 2 is 1.97 bits per heavy atom. The molecule has 148 valence electrons. The van der Waals surface area contributed by atoms with Crippen LogP contribution in [0.1, 0.15) is 42.9 Å². The van der Waals surface area contributed by atoms with Crippen LogP contribution >= 0.6 is 11.6 Å². The van der Waals surface area contributed by atoms with Crippen LogP contribution in [0, 0.1) is 24.2 Å². The van der Waals surface area contributed by atoms with Crippen molar-refractivity contribution in [3.05, 3.63) is 46.9 Å². The number of nitrogen functional groups attached to an aromatic ring is 1. The first-order valence-corrected chi connectivity index (χ1v) is 10.0. The van der Waals surface area contributed by atoms with Gasteiger partial charge in [0.05, 0.1) is 28.5 Å². The number of nitriles is 1. The Labute approximate surface area is 174 Å². The van der Waals surface area contributed by atoms with Gasteiger partial charge in [0.2, 0.25) is 5.91 Å². The van der Waals surface area contributed by atoms with Crippen molar-refractivity contribution in [2.24, 2.45) is 11.7 Å². The molecule has 0 atom stereocenters. The van der Waals surface area contributed by atoms with Crippen LogP contribution in [0.2, 0.25) is 5.02 Å². The van der Waals surface area contributed by atoms with Gasteiger partial charge in [-0.15, -0.1) is 0 Å². The maximum Gasteiger partial charge on any atom is 0.220 e. The second kappa shape index (κ2) is 7.41. The molecular weight excluding hydrogens is 386 g/mol. The van der Waals surface area contributed by atoms with Gasteiger partial charge in [0.1, 0.15) is 0 Å². The number of benzene rings is 1. The largest absolute Gasteiger partial charge is 0.396 e. The Morgan fingerprint density at radius 1 is 1.24 bits per heavy atom. The van der Waals surface area contributed by atoms with Gasteiger partial charge >= 0.3 is 0 Å². The summed E-state index contributed by atoms with van der Waals surface area (Å²) < 4.78 is 2.25. The highest BCUT2D eigenvalue weighted by molar-refractivity contribution is 6.36. The van der Waals surface area contributed by atoms with Crippen molar-refractivity contribution in [1.82, 2.24) is 9.55 Å². The lowest BCUT2D eigenvalue weighted by molar-refractivity contribution is -0.122. The summed E-state index contributed by atoms with van der Waals surface area (Å²) in [6.45, 7) is 1.94. The van der Waals surface area contributed by atoms with Crippen LogP contribution < -0.4 is 11.5 Å². The van der Waals surface area contributed by atoms with E-state index in [0.29, 0.717) is 16.3 Å². The normalized spacial score (nSPS) is 19.2. The van der Waals surface area contributed by atoms with Gasteiger partial charge in [-0.05, 0) is 50.3 Å². The number of carbonyl (C=O) groups is 1. The number of nitrogens with zero attached hydrogens (tertiary/aromatic N) is 3. The zero-order chi connectivity index (χ0) is 20.7. The van der Waals surface area contributed by atoms with E-state index in [2.05, 4.69) is 21.8 Å². The van der Waals surface area contributed by atoms with Crippen LogP contribution in [0.5, 0.6) is 0 Å². The Morgan fingerprint density at radius 3 is 2.62 bits per heavy atom. The molecule has 1 amide bonds. The first-order valence-electron chi connectivity index (χ1n) is 9.64. The SMILES string of the molecule is Cc1cc2c(cc1C#N)c(-c1cncc(N)c1Cl)cn2C1CCC(C(N)=O)CC1. The van der Waals surface area contributed by atoms with E-state index in [4.69, 9.17) is 23.1 Å². The number of hydrogen-bond donors (Lipinski definition) is 2. The van der Waals surface area contributed by atoms with Crippen LogP contribution in [0.25, 0.3) is 22.0 Å². The summed E-state index contributed by atoms with van der Waals surface area (Å²) in [7, 11) is 0. The minimum absolute atomic E-state index is 0.0490. The highest BCUT2D eigenvalue weighted by Gasteiger charge is 2.27. The average Bonchev–Trinajstić information content (AvgIpc) is 3.07. The lowest BCUT2D eigenvalue weighted by Gasteiger charge is -2.28. The van der Waals surface area contributed by atoms with E-state index in [-0.39, 0.29) is 17.9 Å². The number of carbonyl (C=O) groups excluding carboxylic acids is 1. The number of primary amides is 1. The molecule has 0 saturated heterocycles. The Kier molecular flexibility index (Phi) is 4.93. The first-order chi connectivity index (χ1) is 13.9. The van der Waals surface area contributed by atoms with Crippen molar-refractivity contribution in [1.29, 1.82) is 5.26 Å². The van der Waals surface area contributed by atoms with Gasteiger partial charge in [-0.3, -0.25) is 9.78 Å². The van der Waals surface area contributed by atoms with Crippen LogP contribution in [0.15, 0.2) is 30.7 Å². The molecule has 29 heavy (non-hydrogen) atoms.